The van der Waals surface area contributed by atoms with Crippen molar-refractivity contribution in [3.63, 3.8) is 0 Å². The number of thioether (sulfide) groups is 1. The molecule has 0 saturated carbocycles. The SMILES string of the molecule is C=CCC1(C)CCC(Sc2ccccc2)=CC1=O. The molecule has 0 N–H and O–H groups in total. The van der Waals surface area contributed by atoms with E-state index in [2.05, 4.69) is 18.7 Å². The van der Waals surface area contributed by atoms with Gasteiger partial charge in [-0.15, -0.1) is 6.58 Å². The third-order valence-corrected chi connectivity index (χ3v) is 4.49. The third kappa shape index (κ3) is 2.94. The fraction of sp³-hybridized carbons (Fsp3) is 0.312. The molecule has 1 nitrogen and oxygen atoms in total. The maximum absolute atomic E-state index is 12.2. The largest absolute Gasteiger partial charge is 0.294 e. The Bertz CT molecular complexity index is 475. The van der Waals surface area contributed by atoms with E-state index < -0.39 is 0 Å². The lowest BCUT2D eigenvalue weighted by atomic mass is 9.75. The van der Waals surface area contributed by atoms with Crippen LogP contribution in [0.3, 0.4) is 0 Å². The van der Waals surface area contributed by atoms with Crippen LogP contribution in [0.1, 0.15) is 26.2 Å². The maximum Gasteiger partial charge on any atom is 0.162 e. The molecular formula is C16H18OS. The van der Waals surface area contributed by atoms with Gasteiger partial charge in [0, 0.05) is 10.3 Å². The van der Waals surface area contributed by atoms with Crippen LogP contribution in [0.15, 0.2) is 58.9 Å². The summed E-state index contributed by atoms with van der Waals surface area (Å²) in [6.45, 7) is 5.78. The van der Waals surface area contributed by atoms with Gasteiger partial charge in [0.2, 0.25) is 0 Å². The lowest BCUT2D eigenvalue weighted by Crippen LogP contribution is -2.28. The Morgan fingerprint density at radius 2 is 2.11 bits per heavy atom. The molecule has 1 unspecified atom stereocenters. The first kappa shape index (κ1) is 13.2. The summed E-state index contributed by atoms with van der Waals surface area (Å²) >= 11 is 1.70. The average Bonchev–Trinajstić information content (AvgIpc) is 2.36. The van der Waals surface area contributed by atoms with Crippen molar-refractivity contribution in [2.75, 3.05) is 0 Å². The van der Waals surface area contributed by atoms with E-state index in [0.29, 0.717) is 0 Å². The summed E-state index contributed by atoms with van der Waals surface area (Å²) < 4.78 is 0. The summed E-state index contributed by atoms with van der Waals surface area (Å²) in [4.78, 5) is 14.5. The molecule has 1 aromatic rings. The second-order valence-corrected chi connectivity index (χ2v) is 6.14. The molecule has 18 heavy (non-hydrogen) atoms. The number of ketones is 1. The lowest BCUT2D eigenvalue weighted by Gasteiger charge is -2.30. The smallest absolute Gasteiger partial charge is 0.162 e. The van der Waals surface area contributed by atoms with E-state index in [1.54, 1.807) is 11.8 Å². The number of allylic oxidation sites excluding steroid dienone is 3. The van der Waals surface area contributed by atoms with Crippen molar-refractivity contribution < 1.29 is 4.79 Å². The van der Waals surface area contributed by atoms with Crippen molar-refractivity contribution in [3.05, 3.63) is 54.0 Å². The number of hydrogen-bond acceptors (Lipinski definition) is 2. The summed E-state index contributed by atoms with van der Waals surface area (Å²) in [6, 6.07) is 10.2. The Balaban J connectivity index is 2.10. The van der Waals surface area contributed by atoms with Crippen LogP contribution in [0.5, 0.6) is 0 Å². The second-order valence-electron chi connectivity index (χ2n) is 4.94. The van der Waals surface area contributed by atoms with E-state index in [9.17, 15) is 4.79 Å². The molecule has 1 aliphatic carbocycles. The molecule has 0 bridgehead atoms. The molecule has 0 amide bonds. The molecular weight excluding hydrogens is 240 g/mol. The molecule has 2 rings (SSSR count). The second kappa shape index (κ2) is 5.57. The Labute approximate surface area is 113 Å². The number of benzene rings is 1. The fourth-order valence-electron chi connectivity index (χ4n) is 2.16. The van der Waals surface area contributed by atoms with Gasteiger partial charge in [-0.1, -0.05) is 43.0 Å². The van der Waals surface area contributed by atoms with E-state index in [4.69, 9.17) is 0 Å². The predicted molar refractivity (Wildman–Crippen MR) is 77.5 cm³/mol. The van der Waals surface area contributed by atoms with E-state index in [-0.39, 0.29) is 11.2 Å². The van der Waals surface area contributed by atoms with Crippen LogP contribution in [0.2, 0.25) is 0 Å². The summed E-state index contributed by atoms with van der Waals surface area (Å²) in [6.07, 6.45) is 6.34. The minimum absolute atomic E-state index is 0.234. The first-order valence-electron chi connectivity index (χ1n) is 6.23. The molecule has 1 aliphatic rings. The van der Waals surface area contributed by atoms with Gasteiger partial charge in [-0.05, 0) is 42.4 Å². The van der Waals surface area contributed by atoms with Gasteiger partial charge in [0.15, 0.2) is 5.78 Å². The van der Waals surface area contributed by atoms with Crippen molar-refractivity contribution in [2.45, 2.75) is 31.1 Å². The first-order valence-corrected chi connectivity index (χ1v) is 7.04. The number of hydrogen-bond donors (Lipinski definition) is 0. The zero-order valence-corrected chi connectivity index (χ0v) is 11.5. The molecule has 2 heteroatoms. The minimum Gasteiger partial charge on any atom is -0.294 e. The van der Waals surface area contributed by atoms with Crippen LogP contribution in [0.25, 0.3) is 0 Å². The van der Waals surface area contributed by atoms with E-state index in [1.807, 2.05) is 37.3 Å². The van der Waals surface area contributed by atoms with Crippen molar-refractivity contribution in [3.8, 4) is 0 Å². The van der Waals surface area contributed by atoms with Gasteiger partial charge < -0.3 is 0 Å². The van der Waals surface area contributed by atoms with Gasteiger partial charge in [-0.2, -0.15) is 0 Å². The van der Waals surface area contributed by atoms with Crippen molar-refractivity contribution in [1.82, 2.24) is 0 Å². The van der Waals surface area contributed by atoms with Gasteiger partial charge in [0.1, 0.15) is 0 Å². The summed E-state index contributed by atoms with van der Waals surface area (Å²) in [7, 11) is 0. The lowest BCUT2D eigenvalue weighted by molar-refractivity contribution is -0.123. The highest BCUT2D eigenvalue weighted by molar-refractivity contribution is 8.03. The first-order chi connectivity index (χ1) is 8.64. The van der Waals surface area contributed by atoms with Crippen LogP contribution in [0, 0.1) is 5.41 Å². The molecule has 0 fully saturated rings. The molecule has 1 atom stereocenters. The van der Waals surface area contributed by atoms with Gasteiger partial charge in [-0.3, -0.25) is 4.79 Å². The maximum atomic E-state index is 12.2. The van der Waals surface area contributed by atoms with Crippen LogP contribution in [-0.2, 0) is 4.79 Å². The van der Waals surface area contributed by atoms with Gasteiger partial charge in [0.05, 0.1) is 0 Å². The predicted octanol–water partition coefficient (Wildman–Crippen LogP) is 4.61. The molecule has 0 radical (unpaired) electrons. The van der Waals surface area contributed by atoms with Crippen LogP contribution in [0.4, 0.5) is 0 Å². The topological polar surface area (TPSA) is 17.1 Å². The molecule has 1 aromatic carbocycles. The molecule has 0 heterocycles. The molecule has 94 valence electrons. The normalized spacial score (nSPS) is 23.6. The Morgan fingerprint density at radius 3 is 2.72 bits per heavy atom. The molecule has 0 aliphatic heterocycles. The van der Waals surface area contributed by atoms with Crippen molar-refractivity contribution in [1.29, 1.82) is 0 Å². The molecule has 0 spiro atoms. The van der Waals surface area contributed by atoms with E-state index in [0.717, 1.165) is 19.3 Å². The van der Waals surface area contributed by atoms with Crippen molar-refractivity contribution >= 4 is 17.5 Å². The summed E-state index contributed by atoms with van der Waals surface area (Å²) in [5.74, 6) is 0.243. The Morgan fingerprint density at radius 1 is 1.39 bits per heavy atom. The van der Waals surface area contributed by atoms with E-state index in [1.165, 1.54) is 9.80 Å². The zero-order valence-electron chi connectivity index (χ0n) is 10.7. The highest BCUT2D eigenvalue weighted by Gasteiger charge is 2.33. The van der Waals surface area contributed by atoms with Gasteiger partial charge in [-0.25, -0.2) is 0 Å². The number of carbonyl (C=O) groups excluding carboxylic acids is 1. The van der Waals surface area contributed by atoms with Crippen LogP contribution < -0.4 is 0 Å². The van der Waals surface area contributed by atoms with Crippen molar-refractivity contribution in [2.24, 2.45) is 5.41 Å². The quantitative estimate of drug-likeness (QED) is 0.734. The highest BCUT2D eigenvalue weighted by atomic mass is 32.2. The van der Waals surface area contributed by atoms with Gasteiger partial charge >= 0.3 is 0 Å². The third-order valence-electron chi connectivity index (χ3n) is 3.40. The highest BCUT2D eigenvalue weighted by Crippen LogP contribution is 2.40. The Kier molecular flexibility index (Phi) is 4.07. The Hall–Kier alpha value is -1.28. The molecule has 0 saturated heterocycles. The number of carbonyl (C=O) groups is 1. The van der Waals surface area contributed by atoms with Crippen LogP contribution >= 0.6 is 11.8 Å². The average molecular weight is 258 g/mol. The van der Waals surface area contributed by atoms with E-state index >= 15 is 0 Å². The monoisotopic (exact) mass is 258 g/mol. The summed E-state index contributed by atoms with van der Waals surface area (Å²) in [5, 5.41) is 0. The minimum atomic E-state index is -0.234. The van der Waals surface area contributed by atoms with Gasteiger partial charge in [0.25, 0.3) is 0 Å². The number of rotatable bonds is 4. The molecule has 0 aromatic heterocycles. The standard InChI is InChI=1S/C16H18OS/c1-3-10-16(2)11-9-14(12-15(16)17)18-13-7-5-4-6-8-13/h3-8,12H,1,9-11H2,2H3. The van der Waals surface area contributed by atoms with Crippen LogP contribution in [-0.4, -0.2) is 5.78 Å². The zero-order chi connectivity index (χ0) is 13.0. The fourth-order valence-corrected chi connectivity index (χ4v) is 3.12. The summed E-state index contributed by atoms with van der Waals surface area (Å²) in [5.41, 5.74) is -0.234.